The van der Waals surface area contributed by atoms with Crippen LogP contribution in [0.15, 0.2) is 0 Å². The van der Waals surface area contributed by atoms with E-state index in [-0.39, 0.29) is 23.8 Å². The molecule has 7 nitrogen and oxygen atoms in total. The van der Waals surface area contributed by atoms with Crippen LogP contribution >= 0.6 is 0 Å². The number of hydrogen-bond donors (Lipinski definition) is 3. The predicted octanol–water partition coefficient (Wildman–Crippen LogP) is 0.796. The van der Waals surface area contributed by atoms with Crippen molar-refractivity contribution in [2.75, 3.05) is 13.1 Å². The van der Waals surface area contributed by atoms with Gasteiger partial charge < -0.3 is 20.6 Å². The second kappa shape index (κ2) is 6.78. The van der Waals surface area contributed by atoms with Crippen molar-refractivity contribution in [3.05, 3.63) is 0 Å². The van der Waals surface area contributed by atoms with E-state index in [0.29, 0.717) is 19.5 Å². The van der Waals surface area contributed by atoms with E-state index in [1.807, 2.05) is 27.7 Å². The van der Waals surface area contributed by atoms with Crippen LogP contribution in [0.3, 0.4) is 0 Å². The van der Waals surface area contributed by atoms with E-state index in [4.69, 9.17) is 5.11 Å². The van der Waals surface area contributed by atoms with Crippen molar-refractivity contribution in [3.63, 3.8) is 0 Å². The van der Waals surface area contributed by atoms with E-state index in [1.165, 1.54) is 4.90 Å². The van der Waals surface area contributed by atoms with Crippen molar-refractivity contribution in [2.45, 2.75) is 52.6 Å². The number of carboxylic acid groups (broad SMARTS) is 1. The monoisotopic (exact) mass is 299 g/mol. The zero-order valence-electron chi connectivity index (χ0n) is 13.1. The van der Waals surface area contributed by atoms with Gasteiger partial charge in [0.05, 0.1) is 6.42 Å². The Kier molecular flexibility index (Phi) is 5.57. The molecule has 1 rings (SSSR count). The first kappa shape index (κ1) is 17.3. The molecule has 1 fully saturated rings. The first-order valence-electron chi connectivity index (χ1n) is 7.23. The molecular weight excluding hydrogens is 274 g/mol. The topological polar surface area (TPSA) is 98.7 Å². The minimum atomic E-state index is -0.960. The molecule has 0 aromatic heterocycles. The van der Waals surface area contributed by atoms with E-state index >= 15 is 0 Å². The number of amides is 3. The van der Waals surface area contributed by atoms with E-state index in [1.54, 1.807) is 0 Å². The first-order valence-corrected chi connectivity index (χ1v) is 7.23. The maximum Gasteiger partial charge on any atom is 0.318 e. The third-order valence-corrected chi connectivity index (χ3v) is 3.70. The summed E-state index contributed by atoms with van der Waals surface area (Å²) in [5.41, 5.74) is -0.381. The van der Waals surface area contributed by atoms with Crippen LogP contribution in [0.5, 0.6) is 0 Å². The number of aliphatic carboxylic acids is 1. The standard InChI is InChI=1S/C14H25N3O4/c1-5-9-12(20)15-6-7-17(9)13(21)16-10(8-11(18)19)14(2,3)4/h9-10H,5-8H2,1-4H3,(H,15,20)(H,16,21)(H,18,19). The lowest BCUT2D eigenvalue weighted by Gasteiger charge is -2.37. The van der Waals surface area contributed by atoms with E-state index in [0.717, 1.165) is 0 Å². The minimum Gasteiger partial charge on any atom is -0.481 e. The number of carbonyl (C=O) groups is 3. The number of hydrogen-bond acceptors (Lipinski definition) is 3. The molecule has 7 heteroatoms. The Bertz CT molecular complexity index is 417. The Morgan fingerprint density at radius 1 is 1.48 bits per heavy atom. The lowest BCUT2D eigenvalue weighted by atomic mass is 9.85. The van der Waals surface area contributed by atoms with Crippen molar-refractivity contribution in [3.8, 4) is 0 Å². The summed E-state index contributed by atoms with van der Waals surface area (Å²) in [6.45, 7) is 8.32. The molecule has 2 unspecified atom stereocenters. The summed E-state index contributed by atoms with van der Waals surface area (Å²) in [4.78, 5) is 36.6. The largest absolute Gasteiger partial charge is 0.481 e. The van der Waals surface area contributed by atoms with E-state index in [2.05, 4.69) is 10.6 Å². The summed E-state index contributed by atoms with van der Waals surface area (Å²) < 4.78 is 0. The molecule has 3 amide bonds. The average molecular weight is 299 g/mol. The van der Waals surface area contributed by atoms with Gasteiger partial charge in [-0.05, 0) is 11.8 Å². The molecule has 0 radical (unpaired) electrons. The van der Waals surface area contributed by atoms with Gasteiger partial charge in [0.2, 0.25) is 5.91 Å². The lowest BCUT2D eigenvalue weighted by Crippen LogP contribution is -2.61. The van der Waals surface area contributed by atoms with Crippen LogP contribution in [0.2, 0.25) is 0 Å². The molecule has 1 aliphatic heterocycles. The van der Waals surface area contributed by atoms with Gasteiger partial charge in [0.1, 0.15) is 6.04 Å². The van der Waals surface area contributed by atoms with Gasteiger partial charge in [0.15, 0.2) is 0 Å². The van der Waals surface area contributed by atoms with Crippen LogP contribution in [-0.2, 0) is 9.59 Å². The highest BCUT2D eigenvalue weighted by molar-refractivity contribution is 5.88. The summed E-state index contributed by atoms with van der Waals surface area (Å²) in [5.74, 6) is -1.12. The first-order chi connectivity index (χ1) is 9.66. The summed E-state index contributed by atoms with van der Waals surface area (Å²) in [6.07, 6.45) is 0.379. The van der Waals surface area contributed by atoms with Crippen molar-refractivity contribution in [1.29, 1.82) is 0 Å². The van der Waals surface area contributed by atoms with Crippen LogP contribution < -0.4 is 10.6 Å². The van der Waals surface area contributed by atoms with Gasteiger partial charge in [-0.25, -0.2) is 4.79 Å². The highest BCUT2D eigenvalue weighted by Gasteiger charge is 2.35. The van der Waals surface area contributed by atoms with E-state index in [9.17, 15) is 14.4 Å². The Labute approximate surface area is 125 Å². The molecule has 3 N–H and O–H groups in total. The molecule has 2 atom stereocenters. The van der Waals surface area contributed by atoms with Crippen LogP contribution in [0.4, 0.5) is 4.79 Å². The quantitative estimate of drug-likeness (QED) is 0.715. The van der Waals surface area contributed by atoms with Gasteiger partial charge in [-0.15, -0.1) is 0 Å². The maximum atomic E-state index is 12.4. The SMILES string of the molecule is CCC1C(=O)NCCN1C(=O)NC(CC(=O)O)C(C)(C)C. The number of rotatable bonds is 4. The van der Waals surface area contributed by atoms with Crippen molar-refractivity contribution >= 4 is 17.9 Å². The zero-order chi connectivity index (χ0) is 16.2. The number of carboxylic acids is 1. The number of carbonyl (C=O) groups excluding carboxylic acids is 2. The summed E-state index contributed by atoms with van der Waals surface area (Å²) in [5, 5.41) is 14.5. The Hall–Kier alpha value is -1.79. The average Bonchev–Trinajstić information content (AvgIpc) is 2.35. The van der Waals surface area contributed by atoms with Crippen LogP contribution in [0.1, 0.15) is 40.5 Å². The molecule has 0 aliphatic carbocycles. The molecular formula is C14H25N3O4. The van der Waals surface area contributed by atoms with Crippen molar-refractivity contribution in [1.82, 2.24) is 15.5 Å². The Morgan fingerprint density at radius 2 is 2.10 bits per heavy atom. The fraction of sp³-hybridized carbons (Fsp3) is 0.786. The third-order valence-electron chi connectivity index (χ3n) is 3.70. The maximum absolute atomic E-state index is 12.4. The highest BCUT2D eigenvalue weighted by atomic mass is 16.4. The van der Waals surface area contributed by atoms with Gasteiger partial charge in [0.25, 0.3) is 0 Å². The highest BCUT2D eigenvalue weighted by Crippen LogP contribution is 2.22. The minimum absolute atomic E-state index is 0.147. The molecule has 0 aromatic carbocycles. The van der Waals surface area contributed by atoms with Crippen LogP contribution in [0, 0.1) is 5.41 Å². The smallest absolute Gasteiger partial charge is 0.318 e. The summed E-state index contributed by atoms with van der Waals surface area (Å²) in [6, 6.07) is -1.37. The fourth-order valence-corrected chi connectivity index (χ4v) is 2.34. The Morgan fingerprint density at radius 3 is 2.57 bits per heavy atom. The number of nitrogens with zero attached hydrogens (tertiary/aromatic N) is 1. The van der Waals surface area contributed by atoms with Gasteiger partial charge in [-0.3, -0.25) is 9.59 Å². The van der Waals surface area contributed by atoms with Crippen molar-refractivity contribution in [2.24, 2.45) is 5.41 Å². The van der Waals surface area contributed by atoms with Crippen molar-refractivity contribution < 1.29 is 19.5 Å². The van der Waals surface area contributed by atoms with E-state index < -0.39 is 18.1 Å². The normalized spacial score (nSPS) is 20.7. The van der Waals surface area contributed by atoms with Gasteiger partial charge in [-0.1, -0.05) is 27.7 Å². The van der Waals surface area contributed by atoms with Crippen LogP contribution in [-0.4, -0.2) is 53.1 Å². The fourth-order valence-electron chi connectivity index (χ4n) is 2.34. The molecule has 1 aliphatic rings. The lowest BCUT2D eigenvalue weighted by molar-refractivity contribution is -0.138. The number of piperazine rings is 1. The second-order valence-corrected chi connectivity index (χ2v) is 6.37. The predicted molar refractivity (Wildman–Crippen MR) is 77.8 cm³/mol. The molecule has 0 saturated carbocycles. The molecule has 1 saturated heterocycles. The molecule has 120 valence electrons. The molecule has 21 heavy (non-hydrogen) atoms. The number of urea groups is 1. The molecule has 0 aromatic rings. The molecule has 0 bridgehead atoms. The van der Waals surface area contributed by atoms with Gasteiger partial charge in [-0.2, -0.15) is 0 Å². The molecule has 1 heterocycles. The third kappa shape index (κ3) is 4.61. The van der Waals surface area contributed by atoms with Gasteiger partial charge in [0, 0.05) is 19.1 Å². The zero-order valence-corrected chi connectivity index (χ0v) is 13.1. The molecule has 0 spiro atoms. The van der Waals surface area contributed by atoms with Gasteiger partial charge >= 0.3 is 12.0 Å². The second-order valence-electron chi connectivity index (χ2n) is 6.37. The summed E-state index contributed by atoms with van der Waals surface area (Å²) in [7, 11) is 0. The van der Waals surface area contributed by atoms with Crippen LogP contribution in [0.25, 0.3) is 0 Å². The summed E-state index contributed by atoms with van der Waals surface area (Å²) >= 11 is 0. The Balaban J connectivity index is 2.80. The number of nitrogens with one attached hydrogen (secondary N) is 2.